The van der Waals surface area contributed by atoms with Crippen LogP contribution >= 0.6 is 11.3 Å². The molecule has 0 saturated carbocycles. The molecule has 10 aromatic rings. The molecule has 45 heavy (non-hydrogen) atoms. The zero-order valence-corrected chi connectivity index (χ0v) is 25.1. The van der Waals surface area contributed by atoms with Crippen LogP contribution in [-0.2, 0) is 0 Å². The minimum atomic E-state index is 1.18. The second-order valence-electron chi connectivity index (χ2n) is 11.7. The van der Waals surface area contributed by atoms with Crippen LogP contribution in [-0.4, -0.2) is 9.13 Å². The van der Waals surface area contributed by atoms with Gasteiger partial charge in [-0.2, -0.15) is 0 Å². The largest absolute Gasteiger partial charge is 0.309 e. The minimum absolute atomic E-state index is 1.18. The Morgan fingerprint density at radius 1 is 0.333 bits per heavy atom. The van der Waals surface area contributed by atoms with E-state index in [1.54, 1.807) is 0 Å². The Balaban J connectivity index is 1.28. The molecular weight excluding hydrogens is 565 g/mol. The number of hydrogen-bond acceptors (Lipinski definition) is 1. The Morgan fingerprint density at radius 3 is 1.58 bits per heavy atom. The van der Waals surface area contributed by atoms with Crippen molar-refractivity contribution in [3.05, 3.63) is 158 Å². The van der Waals surface area contributed by atoms with Gasteiger partial charge in [0, 0.05) is 53.1 Å². The van der Waals surface area contributed by atoms with Crippen LogP contribution in [0.1, 0.15) is 0 Å². The van der Waals surface area contributed by atoms with Gasteiger partial charge >= 0.3 is 0 Å². The highest BCUT2D eigenvalue weighted by Gasteiger charge is 2.21. The summed E-state index contributed by atoms with van der Waals surface area (Å²) in [6.45, 7) is 0. The molecule has 0 radical (unpaired) electrons. The lowest BCUT2D eigenvalue weighted by Gasteiger charge is -2.09. The van der Waals surface area contributed by atoms with Gasteiger partial charge in [0.05, 0.1) is 22.1 Å². The van der Waals surface area contributed by atoms with Crippen LogP contribution in [0, 0.1) is 0 Å². The molecule has 0 bridgehead atoms. The molecule has 0 unspecified atom stereocenters. The van der Waals surface area contributed by atoms with Gasteiger partial charge in [0.25, 0.3) is 0 Å². The molecular formula is C42H26N2S. The minimum Gasteiger partial charge on any atom is -0.309 e. The van der Waals surface area contributed by atoms with Crippen molar-refractivity contribution in [1.29, 1.82) is 0 Å². The molecule has 0 atom stereocenters. The SMILES string of the molecule is c1ccc(-c2ccc(-n3c4ccccc4c4c5sc6ccc7c(c8ccccc8n7-c7ccccc7)c6c5ccc43)cc2)cc1. The summed E-state index contributed by atoms with van der Waals surface area (Å²) >= 11 is 1.92. The smallest absolute Gasteiger partial charge is 0.0555 e. The summed E-state index contributed by atoms with van der Waals surface area (Å²) in [7, 11) is 0. The highest BCUT2D eigenvalue weighted by atomic mass is 32.1. The first-order valence-electron chi connectivity index (χ1n) is 15.4. The summed E-state index contributed by atoms with van der Waals surface area (Å²) < 4.78 is 7.52. The number of rotatable bonds is 3. The van der Waals surface area contributed by atoms with E-state index in [0.717, 1.165) is 0 Å². The highest BCUT2D eigenvalue weighted by Crippen LogP contribution is 2.47. The maximum absolute atomic E-state index is 2.43. The van der Waals surface area contributed by atoms with Crippen molar-refractivity contribution >= 4 is 75.1 Å². The topological polar surface area (TPSA) is 9.86 Å². The fourth-order valence-electron chi connectivity index (χ4n) is 7.40. The van der Waals surface area contributed by atoms with Crippen LogP contribution in [0.2, 0.25) is 0 Å². The average Bonchev–Trinajstić information content (AvgIpc) is 3.76. The second kappa shape index (κ2) is 9.43. The Hall–Kier alpha value is -5.64. The van der Waals surface area contributed by atoms with E-state index in [1.165, 1.54) is 86.3 Å². The molecule has 0 spiro atoms. The highest BCUT2D eigenvalue weighted by molar-refractivity contribution is 7.27. The van der Waals surface area contributed by atoms with Gasteiger partial charge in [-0.3, -0.25) is 0 Å². The van der Waals surface area contributed by atoms with E-state index in [2.05, 4.69) is 167 Å². The molecule has 0 aliphatic carbocycles. The van der Waals surface area contributed by atoms with Crippen LogP contribution in [0.4, 0.5) is 0 Å². The molecule has 10 rings (SSSR count). The first-order chi connectivity index (χ1) is 22.3. The molecule has 0 amide bonds. The number of nitrogens with zero attached hydrogens (tertiary/aromatic N) is 2. The van der Waals surface area contributed by atoms with E-state index in [0.29, 0.717) is 0 Å². The van der Waals surface area contributed by atoms with Crippen LogP contribution in [0.15, 0.2) is 158 Å². The van der Waals surface area contributed by atoms with E-state index >= 15 is 0 Å². The van der Waals surface area contributed by atoms with Crippen LogP contribution in [0.3, 0.4) is 0 Å². The second-order valence-corrected chi connectivity index (χ2v) is 12.8. The molecule has 3 heteroatoms. The maximum atomic E-state index is 2.43. The number of para-hydroxylation sites is 3. The third-order valence-electron chi connectivity index (χ3n) is 9.32. The maximum Gasteiger partial charge on any atom is 0.0555 e. The lowest BCUT2D eigenvalue weighted by Crippen LogP contribution is -1.93. The normalized spacial score (nSPS) is 12.0. The molecule has 210 valence electrons. The molecule has 3 aromatic heterocycles. The van der Waals surface area contributed by atoms with Gasteiger partial charge in [0.2, 0.25) is 0 Å². The van der Waals surface area contributed by atoms with Crippen molar-refractivity contribution in [1.82, 2.24) is 9.13 Å². The summed E-state index contributed by atoms with van der Waals surface area (Å²) in [6.07, 6.45) is 0. The Kier molecular flexibility index (Phi) is 5.19. The van der Waals surface area contributed by atoms with Gasteiger partial charge in [-0.25, -0.2) is 0 Å². The van der Waals surface area contributed by atoms with Crippen LogP contribution in [0.25, 0.3) is 86.3 Å². The number of benzene rings is 7. The summed E-state index contributed by atoms with van der Waals surface area (Å²) in [5, 5.41) is 7.92. The zero-order valence-electron chi connectivity index (χ0n) is 24.3. The third-order valence-corrected chi connectivity index (χ3v) is 10.5. The van der Waals surface area contributed by atoms with E-state index in [4.69, 9.17) is 0 Å². The van der Waals surface area contributed by atoms with Gasteiger partial charge in [-0.15, -0.1) is 11.3 Å². The van der Waals surface area contributed by atoms with Crippen molar-refractivity contribution in [2.24, 2.45) is 0 Å². The number of aromatic nitrogens is 2. The van der Waals surface area contributed by atoms with Gasteiger partial charge in [0.1, 0.15) is 0 Å². The van der Waals surface area contributed by atoms with Crippen molar-refractivity contribution < 1.29 is 0 Å². The molecule has 0 fully saturated rings. The lowest BCUT2D eigenvalue weighted by atomic mass is 10.0. The molecule has 0 aliphatic rings. The van der Waals surface area contributed by atoms with E-state index in [9.17, 15) is 0 Å². The predicted molar refractivity (Wildman–Crippen MR) is 193 cm³/mol. The lowest BCUT2D eigenvalue weighted by molar-refractivity contribution is 1.18. The van der Waals surface area contributed by atoms with Gasteiger partial charge in [-0.1, -0.05) is 103 Å². The molecule has 0 saturated heterocycles. The molecule has 0 N–H and O–H groups in total. The van der Waals surface area contributed by atoms with Crippen molar-refractivity contribution in [3.63, 3.8) is 0 Å². The van der Waals surface area contributed by atoms with Crippen molar-refractivity contribution in [3.8, 4) is 22.5 Å². The first-order valence-corrected chi connectivity index (χ1v) is 16.2. The molecule has 0 aliphatic heterocycles. The molecule has 7 aromatic carbocycles. The summed E-state index contributed by atoms with van der Waals surface area (Å²) in [5.74, 6) is 0. The Morgan fingerprint density at radius 2 is 0.867 bits per heavy atom. The summed E-state index contributed by atoms with van der Waals surface area (Å²) in [5.41, 5.74) is 9.78. The summed E-state index contributed by atoms with van der Waals surface area (Å²) in [6, 6.07) is 57.4. The predicted octanol–water partition coefficient (Wildman–Crippen LogP) is 11.9. The van der Waals surface area contributed by atoms with Gasteiger partial charge in [0.15, 0.2) is 0 Å². The molecule has 3 heterocycles. The number of hydrogen-bond donors (Lipinski definition) is 0. The monoisotopic (exact) mass is 590 g/mol. The van der Waals surface area contributed by atoms with Crippen LogP contribution in [0.5, 0.6) is 0 Å². The standard InChI is InChI=1S/C42H26N2S/c1-3-11-27(12-4-1)28-19-21-30(22-20-28)44-35-18-10-8-16-32(35)40-37(44)24-23-33-41-38(45-42(33)40)26-25-36-39(41)31-15-7-9-17-34(31)43(36)29-13-5-2-6-14-29/h1-26H. The average molecular weight is 591 g/mol. The number of thiophene rings is 1. The fraction of sp³-hybridized carbons (Fsp3) is 0. The van der Waals surface area contributed by atoms with Crippen LogP contribution < -0.4 is 0 Å². The number of fused-ring (bicyclic) bond motifs is 11. The quantitative estimate of drug-likeness (QED) is 0.194. The van der Waals surface area contributed by atoms with Gasteiger partial charge < -0.3 is 9.13 Å². The molecule has 2 nitrogen and oxygen atoms in total. The van der Waals surface area contributed by atoms with Crippen molar-refractivity contribution in [2.75, 3.05) is 0 Å². The third kappa shape index (κ3) is 3.50. The van der Waals surface area contributed by atoms with Crippen molar-refractivity contribution in [2.45, 2.75) is 0 Å². The van der Waals surface area contributed by atoms with E-state index in [-0.39, 0.29) is 0 Å². The first kappa shape index (κ1) is 24.8. The van der Waals surface area contributed by atoms with E-state index in [1.807, 2.05) is 11.3 Å². The van der Waals surface area contributed by atoms with E-state index < -0.39 is 0 Å². The Bertz CT molecular complexity index is 2730. The van der Waals surface area contributed by atoms with Gasteiger partial charge in [-0.05, 0) is 65.7 Å². The zero-order chi connectivity index (χ0) is 29.5. The Labute approximate surface area is 263 Å². The summed E-state index contributed by atoms with van der Waals surface area (Å²) in [4.78, 5) is 0. The fourth-order valence-corrected chi connectivity index (χ4v) is 8.67.